The summed E-state index contributed by atoms with van der Waals surface area (Å²) in [6, 6.07) is 11.5. The predicted molar refractivity (Wildman–Crippen MR) is 74.4 cm³/mol. The molecule has 2 heterocycles. The summed E-state index contributed by atoms with van der Waals surface area (Å²) in [7, 11) is 2.20. The molecule has 2 heteroatoms. The van der Waals surface area contributed by atoms with Gasteiger partial charge in [0.15, 0.2) is 0 Å². The molecule has 0 bridgehead atoms. The third kappa shape index (κ3) is 1.93. The van der Waals surface area contributed by atoms with E-state index in [0.29, 0.717) is 6.04 Å². The number of hydrogen-bond donors (Lipinski definition) is 0. The van der Waals surface area contributed by atoms with Gasteiger partial charge in [0.05, 0.1) is 0 Å². The maximum atomic E-state index is 4.08. The molecule has 18 heavy (non-hydrogen) atoms. The largest absolute Gasteiger partial charge is 0.299 e. The van der Waals surface area contributed by atoms with Crippen LogP contribution in [0.5, 0.6) is 0 Å². The second-order valence-corrected chi connectivity index (χ2v) is 5.06. The fraction of sp³-hybridized carbons (Fsp3) is 0.312. The van der Waals surface area contributed by atoms with E-state index in [2.05, 4.69) is 54.2 Å². The molecule has 0 spiro atoms. The monoisotopic (exact) mass is 238 g/mol. The van der Waals surface area contributed by atoms with E-state index in [1.54, 1.807) is 0 Å². The number of aromatic nitrogens is 1. The van der Waals surface area contributed by atoms with Crippen LogP contribution in [-0.2, 0) is 6.42 Å². The van der Waals surface area contributed by atoms with E-state index in [0.717, 1.165) is 13.0 Å². The van der Waals surface area contributed by atoms with Crippen LogP contribution in [0.4, 0.5) is 0 Å². The molecule has 1 unspecified atom stereocenters. The van der Waals surface area contributed by atoms with Crippen LogP contribution in [-0.4, -0.2) is 23.5 Å². The van der Waals surface area contributed by atoms with Gasteiger partial charge in [0.25, 0.3) is 0 Å². The number of rotatable bonds is 1. The number of hydrogen-bond acceptors (Lipinski definition) is 2. The van der Waals surface area contributed by atoms with Crippen molar-refractivity contribution in [2.75, 3.05) is 13.6 Å². The average molecular weight is 238 g/mol. The number of likely N-dealkylation sites (N-methyl/N-ethyl adjacent to an activating group) is 1. The molecule has 0 radical (unpaired) electrons. The summed E-state index contributed by atoms with van der Waals surface area (Å²) in [6.45, 7) is 3.44. The topological polar surface area (TPSA) is 16.1 Å². The van der Waals surface area contributed by atoms with Crippen LogP contribution in [0.1, 0.15) is 24.1 Å². The number of benzene rings is 1. The zero-order valence-electron chi connectivity index (χ0n) is 10.9. The van der Waals surface area contributed by atoms with Gasteiger partial charge in [0.1, 0.15) is 0 Å². The van der Waals surface area contributed by atoms with E-state index >= 15 is 0 Å². The van der Waals surface area contributed by atoms with Gasteiger partial charge in [0.2, 0.25) is 0 Å². The first-order valence-corrected chi connectivity index (χ1v) is 6.49. The second-order valence-electron chi connectivity index (χ2n) is 5.06. The summed E-state index contributed by atoms with van der Waals surface area (Å²) in [5, 5.41) is 0. The van der Waals surface area contributed by atoms with Crippen molar-refractivity contribution < 1.29 is 0 Å². The van der Waals surface area contributed by atoms with Crippen molar-refractivity contribution in [3.05, 3.63) is 53.9 Å². The van der Waals surface area contributed by atoms with Crippen LogP contribution < -0.4 is 0 Å². The summed E-state index contributed by atoms with van der Waals surface area (Å²) in [4.78, 5) is 6.49. The normalized spacial score (nSPS) is 19.6. The minimum Gasteiger partial charge on any atom is -0.299 e. The quantitative estimate of drug-likeness (QED) is 0.758. The zero-order chi connectivity index (χ0) is 12.5. The number of nitrogens with zero attached hydrogens (tertiary/aromatic N) is 2. The van der Waals surface area contributed by atoms with E-state index in [1.807, 2.05) is 12.4 Å². The fourth-order valence-electron chi connectivity index (χ4n) is 2.66. The van der Waals surface area contributed by atoms with Crippen LogP contribution in [0.15, 0.2) is 42.7 Å². The summed E-state index contributed by atoms with van der Waals surface area (Å²) in [6.07, 6.45) is 4.86. The highest BCUT2D eigenvalue weighted by Crippen LogP contribution is 2.31. The highest BCUT2D eigenvalue weighted by atomic mass is 15.1. The fourth-order valence-corrected chi connectivity index (χ4v) is 2.66. The SMILES string of the molecule is CC1c2cc(-c3ccncc3)ccc2CCN1C. The molecule has 0 aliphatic carbocycles. The van der Waals surface area contributed by atoms with Gasteiger partial charge >= 0.3 is 0 Å². The van der Waals surface area contributed by atoms with Crippen molar-refractivity contribution in [1.29, 1.82) is 0 Å². The van der Waals surface area contributed by atoms with Gasteiger partial charge in [-0.15, -0.1) is 0 Å². The zero-order valence-corrected chi connectivity index (χ0v) is 10.9. The summed E-state index contributed by atoms with van der Waals surface area (Å²) >= 11 is 0. The lowest BCUT2D eigenvalue weighted by Gasteiger charge is -2.32. The molecular formula is C16H18N2. The highest BCUT2D eigenvalue weighted by Gasteiger charge is 2.20. The first-order chi connectivity index (χ1) is 8.75. The van der Waals surface area contributed by atoms with Crippen molar-refractivity contribution in [1.82, 2.24) is 9.88 Å². The second kappa shape index (κ2) is 4.54. The molecule has 0 fully saturated rings. The molecule has 0 N–H and O–H groups in total. The average Bonchev–Trinajstić information content (AvgIpc) is 2.44. The van der Waals surface area contributed by atoms with Crippen LogP contribution in [0.25, 0.3) is 11.1 Å². The Bertz CT molecular complexity index is 548. The predicted octanol–water partition coefficient (Wildman–Crippen LogP) is 3.30. The van der Waals surface area contributed by atoms with Crippen LogP contribution in [0, 0.1) is 0 Å². The van der Waals surface area contributed by atoms with Crippen LogP contribution in [0.3, 0.4) is 0 Å². The Labute approximate surface area is 108 Å². The minimum absolute atomic E-state index is 0.510. The van der Waals surface area contributed by atoms with Crippen molar-refractivity contribution >= 4 is 0 Å². The van der Waals surface area contributed by atoms with E-state index in [-0.39, 0.29) is 0 Å². The van der Waals surface area contributed by atoms with Gasteiger partial charge in [-0.05, 0) is 60.8 Å². The molecule has 1 aromatic carbocycles. The van der Waals surface area contributed by atoms with Gasteiger partial charge in [-0.2, -0.15) is 0 Å². The Balaban J connectivity index is 2.05. The molecule has 0 amide bonds. The Morgan fingerprint density at radius 3 is 2.67 bits per heavy atom. The third-order valence-electron chi connectivity index (χ3n) is 4.00. The Morgan fingerprint density at radius 1 is 1.11 bits per heavy atom. The third-order valence-corrected chi connectivity index (χ3v) is 4.00. The Hall–Kier alpha value is -1.67. The van der Waals surface area contributed by atoms with Gasteiger partial charge in [-0.3, -0.25) is 9.88 Å². The molecule has 0 saturated heterocycles. The van der Waals surface area contributed by atoms with E-state index in [9.17, 15) is 0 Å². The Kier molecular flexibility index (Phi) is 2.88. The van der Waals surface area contributed by atoms with Crippen molar-refractivity contribution in [3.8, 4) is 11.1 Å². The number of fused-ring (bicyclic) bond motifs is 1. The molecule has 1 aliphatic heterocycles. The standard InChI is InChI=1S/C16H18N2/c1-12-16-11-15(13-5-8-17-9-6-13)4-3-14(16)7-10-18(12)2/h3-6,8-9,11-12H,7,10H2,1-2H3. The molecule has 3 rings (SSSR count). The molecule has 1 atom stereocenters. The summed E-state index contributed by atoms with van der Waals surface area (Å²) < 4.78 is 0. The van der Waals surface area contributed by atoms with Crippen LogP contribution >= 0.6 is 0 Å². The van der Waals surface area contributed by atoms with Gasteiger partial charge < -0.3 is 0 Å². The first-order valence-electron chi connectivity index (χ1n) is 6.49. The van der Waals surface area contributed by atoms with Gasteiger partial charge in [0, 0.05) is 25.0 Å². The molecular weight excluding hydrogens is 220 g/mol. The summed E-state index contributed by atoms with van der Waals surface area (Å²) in [5.74, 6) is 0. The maximum absolute atomic E-state index is 4.08. The molecule has 92 valence electrons. The molecule has 1 aromatic heterocycles. The summed E-state index contributed by atoms with van der Waals surface area (Å²) in [5.41, 5.74) is 5.50. The maximum Gasteiger partial charge on any atom is 0.0319 e. The van der Waals surface area contributed by atoms with E-state index in [4.69, 9.17) is 0 Å². The highest BCUT2D eigenvalue weighted by molar-refractivity contribution is 5.64. The van der Waals surface area contributed by atoms with Crippen molar-refractivity contribution in [2.45, 2.75) is 19.4 Å². The lowest BCUT2D eigenvalue weighted by atomic mass is 9.91. The van der Waals surface area contributed by atoms with E-state index in [1.165, 1.54) is 22.3 Å². The number of pyridine rings is 1. The van der Waals surface area contributed by atoms with Gasteiger partial charge in [-0.25, -0.2) is 0 Å². The van der Waals surface area contributed by atoms with Crippen molar-refractivity contribution in [3.63, 3.8) is 0 Å². The van der Waals surface area contributed by atoms with Crippen LogP contribution in [0.2, 0.25) is 0 Å². The molecule has 0 saturated carbocycles. The lowest BCUT2D eigenvalue weighted by molar-refractivity contribution is 0.247. The molecule has 1 aliphatic rings. The molecule has 2 aromatic rings. The van der Waals surface area contributed by atoms with Crippen molar-refractivity contribution in [2.24, 2.45) is 0 Å². The van der Waals surface area contributed by atoms with E-state index < -0.39 is 0 Å². The smallest absolute Gasteiger partial charge is 0.0319 e. The Morgan fingerprint density at radius 2 is 1.89 bits per heavy atom. The molecule has 2 nitrogen and oxygen atoms in total. The minimum atomic E-state index is 0.510. The first kappa shape index (κ1) is 11.4. The lowest BCUT2D eigenvalue weighted by Crippen LogP contribution is -2.30. The van der Waals surface area contributed by atoms with Gasteiger partial charge in [-0.1, -0.05) is 12.1 Å².